The number of hydrogen-bond acceptors (Lipinski definition) is 5. The van der Waals surface area contributed by atoms with Crippen LogP contribution in [0.4, 0.5) is 5.82 Å². The minimum absolute atomic E-state index is 0.270. The Balaban J connectivity index is 1.86. The highest BCUT2D eigenvalue weighted by Gasteiger charge is 2.07. The molecule has 0 fully saturated rings. The highest BCUT2D eigenvalue weighted by Crippen LogP contribution is 2.30. The molecule has 20 heavy (non-hydrogen) atoms. The summed E-state index contributed by atoms with van der Waals surface area (Å²) >= 11 is 1.49. The number of nitrogens with zero attached hydrogens (tertiary/aromatic N) is 2. The number of phenols is 1. The quantitative estimate of drug-likeness (QED) is 0.722. The second-order valence-corrected chi connectivity index (χ2v) is 5.32. The van der Waals surface area contributed by atoms with Crippen LogP contribution in [0.15, 0.2) is 53.4 Å². The normalized spacial score (nSPS) is 10.8. The van der Waals surface area contributed by atoms with E-state index in [0.717, 1.165) is 15.8 Å². The number of nitrogen functional groups attached to an aromatic ring is 1. The molecule has 1 aromatic heterocycles. The second kappa shape index (κ2) is 5.38. The van der Waals surface area contributed by atoms with E-state index in [2.05, 4.69) is 9.97 Å². The lowest BCUT2D eigenvalue weighted by atomic mass is 10.2. The third-order valence-corrected chi connectivity index (χ3v) is 3.96. The van der Waals surface area contributed by atoms with Gasteiger partial charge in [0, 0.05) is 10.3 Å². The van der Waals surface area contributed by atoms with Gasteiger partial charge in [0.15, 0.2) is 0 Å². The lowest BCUT2D eigenvalue weighted by molar-refractivity contribution is 0.462. The summed E-state index contributed by atoms with van der Waals surface area (Å²) in [7, 11) is 0. The van der Waals surface area contributed by atoms with Crippen LogP contribution in [0.25, 0.3) is 10.9 Å². The van der Waals surface area contributed by atoms with Crippen molar-refractivity contribution < 1.29 is 5.11 Å². The second-order valence-electron chi connectivity index (χ2n) is 4.30. The molecule has 100 valence electrons. The number of phenolic OH excluding ortho intramolecular Hbond substituents is 1. The molecule has 0 saturated carbocycles. The van der Waals surface area contributed by atoms with Crippen molar-refractivity contribution >= 4 is 28.5 Å². The Morgan fingerprint density at radius 3 is 2.60 bits per heavy atom. The maximum atomic E-state index is 9.73. The fraction of sp³-hybridized carbons (Fsp3) is 0.0667. The van der Waals surface area contributed by atoms with Crippen LogP contribution in [0.2, 0.25) is 0 Å². The molecule has 3 aromatic rings. The summed E-state index contributed by atoms with van der Waals surface area (Å²) < 4.78 is 0. The van der Waals surface area contributed by atoms with Crippen LogP contribution in [0, 0.1) is 0 Å². The summed E-state index contributed by atoms with van der Waals surface area (Å²) in [5.41, 5.74) is 6.79. The first kappa shape index (κ1) is 12.7. The molecule has 3 N–H and O–H groups in total. The van der Waals surface area contributed by atoms with Crippen LogP contribution in [0.5, 0.6) is 5.75 Å². The minimum atomic E-state index is 0.270. The van der Waals surface area contributed by atoms with Gasteiger partial charge in [-0.2, -0.15) is 0 Å². The Bertz CT molecular complexity index is 761. The summed E-state index contributed by atoms with van der Waals surface area (Å²) in [6, 6.07) is 14.9. The van der Waals surface area contributed by atoms with Crippen LogP contribution in [-0.2, 0) is 5.75 Å². The predicted octanol–water partition coefficient (Wildman–Crippen LogP) is 3.21. The van der Waals surface area contributed by atoms with Crippen molar-refractivity contribution in [3.63, 3.8) is 0 Å². The fourth-order valence-corrected chi connectivity index (χ4v) is 2.74. The van der Waals surface area contributed by atoms with Crippen LogP contribution >= 0.6 is 11.8 Å². The van der Waals surface area contributed by atoms with Gasteiger partial charge < -0.3 is 10.8 Å². The van der Waals surface area contributed by atoms with Gasteiger partial charge in [0.05, 0.1) is 11.3 Å². The molecule has 4 nitrogen and oxygen atoms in total. The number of aromatic nitrogens is 2. The van der Waals surface area contributed by atoms with Crippen molar-refractivity contribution in [1.29, 1.82) is 0 Å². The van der Waals surface area contributed by atoms with Crippen molar-refractivity contribution in [3.8, 4) is 5.75 Å². The van der Waals surface area contributed by atoms with Crippen LogP contribution < -0.4 is 5.73 Å². The number of benzene rings is 2. The molecular weight excluding hydrogens is 270 g/mol. The first-order chi connectivity index (χ1) is 9.74. The van der Waals surface area contributed by atoms with E-state index in [1.807, 2.05) is 36.4 Å². The van der Waals surface area contributed by atoms with Gasteiger partial charge in [-0.25, -0.2) is 9.97 Å². The molecule has 0 aliphatic carbocycles. The Kier molecular flexibility index (Phi) is 3.43. The highest BCUT2D eigenvalue weighted by atomic mass is 32.2. The molecule has 0 bridgehead atoms. The third kappa shape index (κ3) is 2.53. The summed E-state index contributed by atoms with van der Waals surface area (Å²) in [4.78, 5) is 9.61. The van der Waals surface area contributed by atoms with E-state index in [0.29, 0.717) is 17.4 Å². The van der Waals surface area contributed by atoms with Crippen molar-refractivity contribution in [3.05, 3.63) is 54.4 Å². The Morgan fingerprint density at radius 2 is 1.75 bits per heavy atom. The number of anilines is 1. The molecule has 3 rings (SSSR count). The maximum Gasteiger partial charge on any atom is 0.141 e. The first-order valence-electron chi connectivity index (χ1n) is 6.16. The standard InChI is InChI=1S/C15H13N3OS/c16-15-10-5-1-2-6-11(10)17-14(18-15)9-20-13-8-4-3-7-12(13)19/h1-8,19H,9H2,(H2,16,17,18). The molecule has 1 heterocycles. The van der Waals surface area contributed by atoms with Gasteiger partial charge in [-0.15, -0.1) is 11.8 Å². The summed E-state index contributed by atoms with van der Waals surface area (Å²) in [5.74, 6) is 1.98. The monoisotopic (exact) mass is 283 g/mol. The molecular formula is C15H13N3OS. The van der Waals surface area contributed by atoms with E-state index in [1.54, 1.807) is 12.1 Å². The molecule has 0 aliphatic heterocycles. The predicted molar refractivity (Wildman–Crippen MR) is 81.6 cm³/mol. The van der Waals surface area contributed by atoms with Crippen molar-refractivity contribution in [1.82, 2.24) is 9.97 Å². The van der Waals surface area contributed by atoms with Gasteiger partial charge >= 0.3 is 0 Å². The van der Waals surface area contributed by atoms with Crippen molar-refractivity contribution in [2.75, 3.05) is 5.73 Å². The van der Waals surface area contributed by atoms with Gasteiger partial charge in [-0.05, 0) is 24.3 Å². The van der Waals surface area contributed by atoms with E-state index in [-0.39, 0.29) is 5.75 Å². The van der Waals surface area contributed by atoms with E-state index in [4.69, 9.17) is 5.73 Å². The summed E-state index contributed by atoms with van der Waals surface area (Å²) in [5, 5.41) is 10.6. The van der Waals surface area contributed by atoms with Crippen molar-refractivity contribution in [2.24, 2.45) is 0 Å². The molecule has 2 aromatic carbocycles. The summed E-state index contributed by atoms with van der Waals surface area (Å²) in [6.45, 7) is 0. The molecule has 0 saturated heterocycles. The average molecular weight is 283 g/mol. The zero-order valence-corrected chi connectivity index (χ0v) is 11.5. The average Bonchev–Trinajstić information content (AvgIpc) is 2.46. The van der Waals surface area contributed by atoms with Crippen molar-refractivity contribution in [2.45, 2.75) is 10.6 Å². The van der Waals surface area contributed by atoms with Gasteiger partial charge in [-0.1, -0.05) is 24.3 Å². The van der Waals surface area contributed by atoms with Crippen LogP contribution in [0.3, 0.4) is 0 Å². The zero-order valence-electron chi connectivity index (χ0n) is 10.7. The van der Waals surface area contributed by atoms with E-state index < -0.39 is 0 Å². The number of para-hydroxylation sites is 2. The number of thioether (sulfide) groups is 1. The van der Waals surface area contributed by atoms with E-state index in [9.17, 15) is 5.11 Å². The Labute approximate surface area is 120 Å². The molecule has 0 radical (unpaired) electrons. The highest BCUT2D eigenvalue weighted by molar-refractivity contribution is 7.98. The summed E-state index contributed by atoms with van der Waals surface area (Å²) in [6.07, 6.45) is 0. The number of fused-ring (bicyclic) bond motifs is 1. The number of hydrogen-bond donors (Lipinski definition) is 2. The van der Waals surface area contributed by atoms with Gasteiger partial charge in [0.25, 0.3) is 0 Å². The SMILES string of the molecule is Nc1nc(CSc2ccccc2O)nc2ccccc12. The van der Waals surface area contributed by atoms with E-state index >= 15 is 0 Å². The molecule has 5 heteroatoms. The van der Waals surface area contributed by atoms with E-state index in [1.165, 1.54) is 11.8 Å². The maximum absolute atomic E-state index is 9.73. The van der Waals surface area contributed by atoms with Crippen LogP contribution in [-0.4, -0.2) is 15.1 Å². The van der Waals surface area contributed by atoms with Gasteiger partial charge in [0.1, 0.15) is 17.4 Å². The minimum Gasteiger partial charge on any atom is -0.507 e. The fourth-order valence-electron chi connectivity index (χ4n) is 1.94. The largest absolute Gasteiger partial charge is 0.507 e. The topological polar surface area (TPSA) is 72.0 Å². The smallest absolute Gasteiger partial charge is 0.141 e. The molecule has 0 unspecified atom stereocenters. The number of nitrogens with two attached hydrogens (primary N) is 1. The first-order valence-corrected chi connectivity index (χ1v) is 7.14. The number of rotatable bonds is 3. The lowest BCUT2D eigenvalue weighted by Gasteiger charge is -2.06. The zero-order chi connectivity index (χ0) is 13.9. The molecule has 0 aliphatic rings. The van der Waals surface area contributed by atoms with Gasteiger partial charge in [0.2, 0.25) is 0 Å². The van der Waals surface area contributed by atoms with Gasteiger partial charge in [-0.3, -0.25) is 0 Å². The molecule has 0 spiro atoms. The van der Waals surface area contributed by atoms with Crippen LogP contribution in [0.1, 0.15) is 5.82 Å². The lowest BCUT2D eigenvalue weighted by Crippen LogP contribution is -1.99. The Morgan fingerprint density at radius 1 is 1.00 bits per heavy atom. The number of aromatic hydroxyl groups is 1. The third-order valence-electron chi connectivity index (χ3n) is 2.90. The molecule has 0 atom stereocenters. The Hall–Kier alpha value is -2.27. The molecule has 0 amide bonds.